The molecule has 3 aromatic rings. The molecule has 0 radical (unpaired) electrons. The lowest BCUT2D eigenvalue weighted by Gasteiger charge is -2.11. The highest BCUT2D eigenvalue weighted by Crippen LogP contribution is 2.35. The quantitative estimate of drug-likeness (QED) is 0.373. The van der Waals surface area contributed by atoms with Crippen LogP contribution in [0.3, 0.4) is 0 Å². The summed E-state index contributed by atoms with van der Waals surface area (Å²) in [5, 5.41) is 0. The second kappa shape index (κ2) is 7.93. The van der Waals surface area contributed by atoms with Crippen molar-refractivity contribution in [2.24, 2.45) is 0 Å². The number of alkyl halides is 6. The summed E-state index contributed by atoms with van der Waals surface area (Å²) in [5.41, 5.74) is -4.27. The van der Waals surface area contributed by atoms with Crippen molar-refractivity contribution < 1.29 is 44.7 Å². The number of hydrogen-bond acceptors (Lipinski definition) is 4. The van der Waals surface area contributed by atoms with Gasteiger partial charge < -0.3 is 4.74 Å². The predicted octanol–water partition coefficient (Wildman–Crippen LogP) is 5.82. The van der Waals surface area contributed by atoms with E-state index < -0.39 is 63.8 Å². The van der Waals surface area contributed by atoms with E-state index in [9.17, 15) is 39.9 Å². The number of halogens is 8. The first-order valence-corrected chi connectivity index (χ1v) is 8.14. The molecule has 0 unspecified atom stereocenters. The zero-order chi connectivity index (χ0) is 23.0. The first-order chi connectivity index (χ1) is 14.4. The molecule has 0 aliphatic heterocycles. The van der Waals surface area contributed by atoms with Crippen molar-refractivity contribution in [1.82, 2.24) is 9.97 Å². The summed E-state index contributed by atoms with van der Waals surface area (Å²) in [7, 11) is 0. The average Bonchev–Trinajstić information content (AvgIpc) is 2.68. The van der Waals surface area contributed by atoms with Crippen molar-refractivity contribution in [2.75, 3.05) is 0 Å². The molecule has 0 saturated heterocycles. The molecular weight excluding hydrogens is 440 g/mol. The molecule has 0 N–H and O–H groups in total. The molecule has 12 heteroatoms. The SMILES string of the molecule is O=C(c1ccc(F)c(C(F)(F)F)c1)c1cc(Oc2ccc(F)c(C(F)(F)F)c2)ncn1. The number of nitrogens with zero attached hydrogens (tertiary/aromatic N) is 2. The Balaban J connectivity index is 1.90. The van der Waals surface area contributed by atoms with E-state index in [4.69, 9.17) is 4.74 Å². The minimum absolute atomic E-state index is 0.301. The van der Waals surface area contributed by atoms with Gasteiger partial charge in [-0.3, -0.25) is 4.79 Å². The van der Waals surface area contributed by atoms with Crippen molar-refractivity contribution in [1.29, 1.82) is 0 Å². The molecule has 0 spiro atoms. The average molecular weight is 448 g/mol. The summed E-state index contributed by atoms with van der Waals surface area (Å²) in [5.74, 6) is -5.06. The first-order valence-electron chi connectivity index (χ1n) is 8.14. The number of ether oxygens (including phenoxy) is 1. The highest BCUT2D eigenvalue weighted by molar-refractivity contribution is 6.07. The number of hydrogen-bond donors (Lipinski definition) is 0. The van der Waals surface area contributed by atoms with Gasteiger partial charge in [0.1, 0.15) is 29.4 Å². The Labute approximate surface area is 168 Å². The maximum atomic E-state index is 13.4. The van der Waals surface area contributed by atoms with E-state index in [0.717, 1.165) is 24.5 Å². The number of carbonyl (C=O) groups is 1. The Morgan fingerprint density at radius 2 is 1.35 bits per heavy atom. The number of carbonyl (C=O) groups excluding carboxylic acids is 1. The number of aromatic nitrogens is 2. The fraction of sp³-hybridized carbons (Fsp3) is 0.105. The second-order valence-electron chi connectivity index (χ2n) is 6.00. The summed E-state index contributed by atoms with van der Waals surface area (Å²) in [4.78, 5) is 19.6. The minimum atomic E-state index is -5.04. The molecular formula is C19H8F8N2O2. The van der Waals surface area contributed by atoms with E-state index >= 15 is 0 Å². The van der Waals surface area contributed by atoms with Crippen molar-refractivity contribution >= 4 is 5.78 Å². The number of rotatable bonds is 4. The zero-order valence-corrected chi connectivity index (χ0v) is 14.9. The molecule has 31 heavy (non-hydrogen) atoms. The summed E-state index contributed by atoms with van der Waals surface area (Å²) in [6.07, 6.45) is -9.25. The van der Waals surface area contributed by atoms with Gasteiger partial charge in [0.15, 0.2) is 0 Å². The van der Waals surface area contributed by atoms with Crippen molar-refractivity contribution in [2.45, 2.75) is 12.4 Å². The van der Waals surface area contributed by atoms with Crippen LogP contribution in [0.25, 0.3) is 0 Å². The van der Waals surface area contributed by atoms with Gasteiger partial charge in [0.25, 0.3) is 0 Å². The molecule has 0 atom stereocenters. The lowest BCUT2D eigenvalue weighted by atomic mass is 10.0. The van der Waals surface area contributed by atoms with Crippen LogP contribution >= 0.6 is 0 Å². The normalized spacial score (nSPS) is 12.0. The van der Waals surface area contributed by atoms with Crippen LogP contribution in [0.4, 0.5) is 35.1 Å². The molecule has 1 heterocycles. The smallest absolute Gasteiger partial charge is 0.419 e. The third-order valence-corrected chi connectivity index (χ3v) is 3.87. The summed E-state index contributed by atoms with van der Waals surface area (Å²) >= 11 is 0. The van der Waals surface area contributed by atoms with Gasteiger partial charge in [0, 0.05) is 11.6 Å². The third-order valence-electron chi connectivity index (χ3n) is 3.87. The van der Waals surface area contributed by atoms with E-state index in [1.807, 2.05) is 0 Å². The van der Waals surface area contributed by atoms with E-state index in [1.54, 1.807) is 0 Å². The summed E-state index contributed by atoms with van der Waals surface area (Å²) < 4.78 is 109. The van der Waals surface area contributed by atoms with Crippen LogP contribution < -0.4 is 4.74 Å². The molecule has 0 aliphatic rings. The highest BCUT2D eigenvalue weighted by Gasteiger charge is 2.35. The molecule has 1 aromatic heterocycles. The summed E-state index contributed by atoms with van der Waals surface area (Å²) in [6, 6.07) is 4.20. The number of benzene rings is 2. The van der Waals surface area contributed by atoms with Gasteiger partial charge in [0.2, 0.25) is 11.7 Å². The molecule has 0 bridgehead atoms. The van der Waals surface area contributed by atoms with E-state index in [2.05, 4.69) is 9.97 Å². The molecule has 0 amide bonds. The fourth-order valence-electron chi connectivity index (χ4n) is 2.46. The molecule has 2 aromatic carbocycles. The molecule has 4 nitrogen and oxygen atoms in total. The monoisotopic (exact) mass is 448 g/mol. The molecule has 0 fully saturated rings. The van der Waals surface area contributed by atoms with Gasteiger partial charge in [0.05, 0.1) is 11.1 Å². The second-order valence-corrected chi connectivity index (χ2v) is 6.00. The molecule has 3 rings (SSSR count). The lowest BCUT2D eigenvalue weighted by Crippen LogP contribution is -2.12. The van der Waals surface area contributed by atoms with Gasteiger partial charge in [-0.25, -0.2) is 18.7 Å². The van der Waals surface area contributed by atoms with E-state index in [0.29, 0.717) is 24.3 Å². The van der Waals surface area contributed by atoms with E-state index in [1.165, 1.54) is 0 Å². The lowest BCUT2D eigenvalue weighted by molar-refractivity contribution is -0.140. The van der Waals surface area contributed by atoms with Gasteiger partial charge in [-0.15, -0.1) is 0 Å². The Bertz CT molecular complexity index is 1140. The summed E-state index contributed by atoms with van der Waals surface area (Å²) in [6.45, 7) is 0. The van der Waals surface area contributed by atoms with Crippen LogP contribution in [-0.4, -0.2) is 15.8 Å². The number of ketones is 1. The van der Waals surface area contributed by atoms with Gasteiger partial charge >= 0.3 is 12.4 Å². The predicted molar refractivity (Wildman–Crippen MR) is 88.3 cm³/mol. The van der Waals surface area contributed by atoms with Crippen LogP contribution in [0.5, 0.6) is 11.6 Å². The fourth-order valence-corrected chi connectivity index (χ4v) is 2.46. The Morgan fingerprint density at radius 1 is 0.774 bits per heavy atom. The van der Waals surface area contributed by atoms with E-state index in [-0.39, 0.29) is 0 Å². The highest BCUT2D eigenvalue weighted by atomic mass is 19.4. The Kier molecular flexibility index (Phi) is 5.66. The Morgan fingerprint density at radius 3 is 1.97 bits per heavy atom. The molecule has 0 saturated carbocycles. The van der Waals surface area contributed by atoms with Gasteiger partial charge in [-0.05, 0) is 36.4 Å². The third kappa shape index (κ3) is 4.95. The molecule has 0 aliphatic carbocycles. The topological polar surface area (TPSA) is 52.1 Å². The van der Waals surface area contributed by atoms with Crippen molar-refractivity contribution in [3.63, 3.8) is 0 Å². The zero-order valence-electron chi connectivity index (χ0n) is 14.9. The largest absolute Gasteiger partial charge is 0.439 e. The van der Waals surface area contributed by atoms with Gasteiger partial charge in [-0.2, -0.15) is 26.3 Å². The van der Waals surface area contributed by atoms with Crippen LogP contribution in [0.2, 0.25) is 0 Å². The maximum absolute atomic E-state index is 13.4. The van der Waals surface area contributed by atoms with Crippen LogP contribution in [0.15, 0.2) is 48.8 Å². The van der Waals surface area contributed by atoms with Gasteiger partial charge in [-0.1, -0.05) is 0 Å². The Hall–Kier alpha value is -3.57. The maximum Gasteiger partial charge on any atom is 0.419 e. The van der Waals surface area contributed by atoms with Crippen LogP contribution in [0, 0.1) is 11.6 Å². The van der Waals surface area contributed by atoms with Crippen LogP contribution in [0.1, 0.15) is 27.2 Å². The minimum Gasteiger partial charge on any atom is -0.439 e. The van der Waals surface area contributed by atoms with Crippen LogP contribution in [-0.2, 0) is 12.4 Å². The first kappa shape index (κ1) is 22.1. The molecule has 162 valence electrons. The van der Waals surface area contributed by atoms with Crippen molar-refractivity contribution in [3.05, 3.63) is 82.8 Å². The standard InChI is InChI=1S/C19H8F8N2O2/c20-13-3-1-9(5-11(13)18(22,23)24)17(30)15-7-16(29-8-28-15)31-10-2-4-14(21)12(6-10)19(25,26)27/h1-8H. The van der Waals surface area contributed by atoms with Crippen molar-refractivity contribution in [3.8, 4) is 11.6 Å².